The van der Waals surface area contributed by atoms with E-state index in [1.807, 2.05) is 65.5 Å². The molecule has 2 aromatic carbocycles. The zero-order valence-corrected chi connectivity index (χ0v) is 12.7. The fourth-order valence-corrected chi connectivity index (χ4v) is 2.32. The highest BCUT2D eigenvalue weighted by Crippen LogP contribution is 2.17. The van der Waals surface area contributed by atoms with Gasteiger partial charge in [-0.05, 0) is 54.6 Å². The van der Waals surface area contributed by atoms with Gasteiger partial charge in [-0.1, -0.05) is 22.0 Å². The van der Waals surface area contributed by atoms with Gasteiger partial charge in [0.1, 0.15) is 0 Å². The first-order valence-corrected chi connectivity index (χ1v) is 7.32. The molecule has 0 unspecified atom stereocenters. The van der Waals surface area contributed by atoms with Crippen molar-refractivity contribution in [2.45, 2.75) is 0 Å². The number of nitrogens with zero attached hydrogens (tertiary/aromatic N) is 1. The molecule has 0 saturated carbocycles. The quantitative estimate of drug-likeness (QED) is 0.748. The third-order valence-electron chi connectivity index (χ3n) is 3.11. The smallest absolute Gasteiger partial charge is 0.255 e. The molecule has 0 saturated heterocycles. The number of carbonyl (C=O) groups excluding carboxylic acids is 1. The summed E-state index contributed by atoms with van der Waals surface area (Å²) in [5.41, 5.74) is 2.41. The Balaban J connectivity index is 1.80. The molecule has 1 aromatic heterocycles. The maximum atomic E-state index is 12.2. The predicted molar refractivity (Wildman–Crippen MR) is 87.9 cm³/mol. The fourth-order valence-electron chi connectivity index (χ4n) is 2.06. The molecule has 0 bridgehead atoms. The van der Waals surface area contributed by atoms with E-state index in [0.717, 1.165) is 15.8 Å². The van der Waals surface area contributed by atoms with E-state index in [-0.39, 0.29) is 5.91 Å². The second-order valence-electron chi connectivity index (χ2n) is 4.60. The first-order chi connectivity index (χ1) is 10.2. The van der Waals surface area contributed by atoms with Crippen LogP contribution in [0.4, 0.5) is 5.69 Å². The van der Waals surface area contributed by atoms with Gasteiger partial charge in [-0.3, -0.25) is 4.79 Å². The van der Waals surface area contributed by atoms with Crippen LogP contribution < -0.4 is 5.32 Å². The number of hydrogen-bond donors (Lipinski definition) is 1. The summed E-state index contributed by atoms with van der Waals surface area (Å²) in [5, 5.41) is 2.91. The molecule has 0 aliphatic rings. The van der Waals surface area contributed by atoms with Crippen LogP contribution in [0.3, 0.4) is 0 Å². The monoisotopic (exact) mass is 340 g/mol. The van der Waals surface area contributed by atoms with Crippen LogP contribution in [0.5, 0.6) is 0 Å². The molecule has 3 nitrogen and oxygen atoms in total. The molecular weight excluding hydrogens is 328 g/mol. The van der Waals surface area contributed by atoms with Crippen LogP contribution in [0.15, 0.2) is 77.5 Å². The average Bonchev–Trinajstić information content (AvgIpc) is 3.02. The predicted octanol–water partition coefficient (Wildman–Crippen LogP) is 4.49. The first-order valence-electron chi connectivity index (χ1n) is 6.53. The van der Waals surface area contributed by atoms with Gasteiger partial charge in [-0.25, -0.2) is 0 Å². The normalized spacial score (nSPS) is 10.3. The molecule has 0 aliphatic carbocycles. The molecule has 1 heterocycles. The highest BCUT2D eigenvalue weighted by atomic mass is 79.9. The Kier molecular flexibility index (Phi) is 3.88. The third kappa shape index (κ3) is 3.23. The van der Waals surface area contributed by atoms with Gasteiger partial charge in [0.05, 0.1) is 0 Å². The van der Waals surface area contributed by atoms with Crippen LogP contribution >= 0.6 is 15.9 Å². The largest absolute Gasteiger partial charge is 0.324 e. The van der Waals surface area contributed by atoms with E-state index in [0.29, 0.717) is 5.56 Å². The molecule has 104 valence electrons. The van der Waals surface area contributed by atoms with Crippen molar-refractivity contribution in [3.05, 3.63) is 83.1 Å². The van der Waals surface area contributed by atoms with E-state index in [2.05, 4.69) is 21.2 Å². The zero-order chi connectivity index (χ0) is 14.7. The number of nitrogens with one attached hydrogen (secondary N) is 1. The molecule has 0 aliphatic heterocycles. The van der Waals surface area contributed by atoms with Gasteiger partial charge in [0, 0.05) is 33.8 Å². The summed E-state index contributed by atoms with van der Waals surface area (Å²) >= 11 is 3.36. The molecule has 21 heavy (non-hydrogen) atoms. The van der Waals surface area contributed by atoms with E-state index in [4.69, 9.17) is 0 Å². The van der Waals surface area contributed by atoms with Crippen LogP contribution in [0, 0.1) is 0 Å². The Labute approximate surface area is 131 Å². The summed E-state index contributed by atoms with van der Waals surface area (Å²) in [6, 6.07) is 18.9. The highest BCUT2D eigenvalue weighted by molar-refractivity contribution is 9.10. The number of rotatable bonds is 3. The maximum absolute atomic E-state index is 12.2. The number of amides is 1. The number of benzene rings is 2. The second kappa shape index (κ2) is 5.97. The molecule has 1 amide bonds. The van der Waals surface area contributed by atoms with Gasteiger partial charge in [0.2, 0.25) is 0 Å². The zero-order valence-electron chi connectivity index (χ0n) is 11.2. The Morgan fingerprint density at radius 1 is 0.952 bits per heavy atom. The van der Waals surface area contributed by atoms with Crippen LogP contribution in [0.1, 0.15) is 10.4 Å². The summed E-state index contributed by atoms with van der Waals surface area (Å²) in [6.07, 6.45) is 3.94. The van der Waals surface area contributed by atoms with Crippen molar-refractivity contribution < 1.29 is 4.79 Å². The summed E-state index contributed by atoms with van der Waals surface area (Å²) < 4.78 is 2.95. The van der Waals surface area contributed by atoms with Crippen molar-refractivity contribution in [2.75, 3.05) is 5.32 Å². The van der Waals surface area contributed by atoms with E-state index < -0.39 is 0 Å². The lowest BCUT2D eigenvalue weighted by Crippen LogP contribution is -2.11. The highest BCUT2D eigenvalue weighted by Gasteiger charge is 2.06. The van der Waals surface area contributed by atoms with Crippen molar-refractivity contribution >= 4 is 27.5 Å². The van der Waals surface area contributed by atoms with Gasteiger partial charge in [0.25, 0.3) is 5.91 Å². The van der Waals surface area contributed by atoms with Gasteiger partial charge >= 0.3 is 0 Å². The van der Waals surface area contributed by atoms with Gasteiger partial charge in [-0.15, -0.1) is 0 Å². The molecule has 3 aromatic rings. The Morgan fingerprint density at radius 2 is 1.67 bits per heavy atom. The number of hydrogen-bond acceptors (Lipinski definition) is 1. The molecular formula is C17H13BrN2O. The Morgan fingerprint density at radius 3 is 2.38 bits per heavy atom. The first kappa shape index (κ1) is 13.6. The van der Waals surface area contributed by atoms with Crippen molar-refractivity contribution in [2.24, 2.45) is 0 Å². The summed E-state index contributed by atoms with van der Waals surface area (Å²) in [5.74, 6) is -0.118. The SMILES string of the molecule is O=C(Nc1cccc(-n2cccc2)c1)c1ccc(Br)cc1. The van der Waals surface area contributed by atoms with Crippen LogP contribution in [0.25, 0.3) is 5.69 Å². The van der Waals surface area contributed by atoms with E-state index in [1.165, 1.54) is 0 Å². The van der Waals surface area contributed by atoms with E-state index in [1.54, 1.807) is 12.1 Å². The number of aromatic nitrogens is 1. The average molecular weight is 341 g/mol. The van der Waals surface area contributed by atoms with Crippen molar-refractivity contribution in [1.29, 1.82) is 0 Å². The lowest BCUT2D eigenvalue weighted by atomic mass is 10.2. The summed E-state index contributed by atoms with van der Waals surface area (Å²) in [4.78, 5) is 12.2. The third-order valence-corrected chi connectivity index (χ3v) is 3.64. The number of halogens is 1. The summed E-state index contributed by atoms with van der Waals surface area (Å²) in [7, 11) is 0. The second-order valence-corrected chi connectivity index (χ2v) is 5.52. The van der Waals surface area contributed by atoms with Crippen molar-refractivity contribution in [1.82, 2.24) is 4.57 Å². The van der Waals surface area contributed by atoms with Crippen LogP contribution in [0.2, 0.25) is 0 Å². The molecule has 3 rings (SSSR count). The van der Waals surface area contributed by atoms with E-state index in [9.17, 15) is 4.79 Å². The number of carbonyl (C=O) groups is 1. The topological polar surface area (TPSA) is 34.0 Å². The number of anilines is 1. The molecule has 4 heteroatoms. The van der Waals surface area contributed by atoms with Crippen molar-refractivity contribution in [3.8, 4) is 5.69 Å². The molecule has 0 atom stereocenters. The van der Waals surface area contributed by atoms with Gasteiger partial charge in [0.15, 0.2) is 0 Å². The minimum absolute atomic E-state index is 0.118. The lowest BCUT2D eigenvalue weighted by molar-refractivity contribution is 0.102. The standard InChI is InChI=1S/C17H13BrN2O/c18-14-8-6-13(7-9-14)17(21)19-15-4-3-5-16(12-15)20-10-1-2-11-20/h1-12H,(H,19,21). The Bertz CT molecular complexity index is 749. The summed E-state index contributed by atoms with van der Waals surface area (Å²) in [6.45, 7) is 0. The molecule has 0 radical (unpaired) electrons. The fraction of sp³-hybridized carbons (Fsp3) is 0. The molecule has 0 fully saturated rings. The Hall–Kier alpha value is -2.33. The van der Waals surface area contributed by atoms with Gasteiger partial charge < -0.3 is 9.88 Å². The molecule has 0 spiro atoms. The maximum Gasteiger partial charge on any atom is 0.255 e. The van der Waals surface area contributed by atoms with Crippen LogP contribution in [-0.4, -0.2) is 10.5 Å². The molecule has 1 N–H and O–H groups in total. The lowest BCUT2D eigenvalue weighted by Gasteiger charge is -2.08. The minimum Gasteiger partial charge on any atom is -0.324 e. The van der Waals surface area contributed by atoms with Crippen molar-refractivity contribution in [3.63, 3.8) is 0 Å². The minimum atomic E-state index is -0.118. The van der Waals surface area contributed by atoms with Gasteiger partial charge in [-0.2, -0.15) is 0 Å². The van der Waals surface area contributed by atoms with E-state index >= 15 is 0 Å². The van der Waals surface area contributed by atoms with Crippen LogP contribution in [-0.2, 0) is 0 Å².